The van der Waals surface area contributed by atoms with Crippen LogP contribution in [0.2, 0.25) is 0 Å². The lowest BCUT2D eigenvalue weighted by molar-refractivity contribution is 0.138. The van der Waals surface area contributed by atoms with E-state index in [2.05, 4.69) is 4.99 Å². The molecule has 0 saturated heterocycles. The molecule has 3 unspecified atom stereocenters. The topological polar surface area (TPSA) is 47.6 Å². The molecule has 3 rings (SSSR count). The van der Waals surface area contributed by atoms with Gasteiger partial charge in [0.2, 0.25) is 0 Å². The predicted octanol–water partition coefficient (Wildman–Crippen LogP) is 1.07. The van der Waals surface area contributed by atoms with Crippen molar-refractivity contribution in [3.8, 4) is 0 Å². The molecule has 0 bridgehead atoms. The van der Waals surface area contributed by atoms with Gasteiger partial charge in [0.25, 0.3) is 0 Å². The lowest BCUT2D eigenvalue weighted by Crippen LogP contribution is -2.38. The third-order valence-electron chi connectivity index (χ3n) is 3.29. The largest absolute Gasteiger partial charge is 0.475 e. The quantitative estimate of drug-likeness (QED) is 0.656. The van der Waals surface area contributed by atoms with E-state index in [0.29, 0.717) is 24.1 Å². The van der Waals surface area contributed by atoms with Crippen LogP contribution in [0, 0.1) is 5.92 Å². The minimum Gasteiger partial charge on any atom is -0.475 e. The van der Waals surface area contributed by atoms with Crippen LogP contribution in [0.3, 0.4) is 0 Å². The van der Waals surface area contributed by atoms with Gasteiger partial charge in [-0.2, -0.15) is 0 Å². The Morgan fingerprint density at radius 2 is 2.08 bits per heavy atom. The Labute approximate surface area is 78.4 Å². The second-order valence-electron chi connectivity index (χ2n) is 4.54. The first-order valence-corrected chi connectivity index (χ1v) is 5.33. The molecule has 0 spiro atoms. The second-order valence-corrected chi connectivity index (χ2v) is 4.54. The molecule has 0 aromatic rings. The number of nitrogens with zero attached hydrogens (tertiary/aromatic N) is 1. The Morgan fingerprint density at radius 3 is 2.85 bits per heavy atom. The fraction of sp³-hybridized carbons (Fsp3) is 0.900. The summed E-state index contributed by atoms with van der Waals surface area (Å²) in [5.74, 6) is 1.71. The Kier molecular flexibility index (Phi) is 1.62. The van der Waals surface area contributed by atoms with Crippen molar-refractivity contribution in [2.75, 3.05) is 0 Å². The summed E-state index contributed by atoms with van der Waals surface area (Å²) in [6.07, 6.45) is 6.13. The zero-order valence-corrected chi connectivity index (χ0v) is 7.78. The van der Waals surface area contributed by atoms with Crippen molar-refractivity contribution in [2.45, 2.75) is 50.3 Å². The van der Waals surface area contributed by atoms with Crippen molar-refractivity contribution in [2.24, 2.45) is 16.6 Å². The van der Waals surface area contributed by atoms with Gasteiger partial charge in [-0.3, -0.25) is 0 Å². The molecule has 0 radical (unpaired) electrons. The van der Waals surface area contributed by atoms with Gasteiger partial charge < -0.3 is 10.5 Å². The fourth-order valence-electron chi connectivity index (χ4n) is 2.30. The molecule has 2 fully saturated rings. The van der Waals surface area contributed by atoms with Gasteiger partial charge in [0.1, 0.15) is 6.10 Å². The molecule has 3 nitrogen and oxygen atoms in total. The second kappa shape index (κ2) is 2.71. The highest BCUT2D eigenvalue weighted by Crippen LogP contribution is 2.37. The van der Waals surface area contributed by atoms with Gasteiger partial charge in [0.15, 0.2) is 5.90 Å². The van der Waals surface area contributed by atoms with Crippen LogP contribution in [0.4, 0.5) is 0 Å². The van der Waals surface area contributed by atoms with Gasteiger partial charge >= 0.3 is 0 Å². The summed E-state index contributed by atoms with van der Waals surface area (Å²) in [7, 11) is 0. The Bertz CT molecular complexity index is 247. The molecule has 2 aliphatic carbocycles. The summed E-state index contributed by atoms with van der Waals surface area (Å²) in [5, 5.41) is 0. The molecule has 2 saturated carbocycles. The smallest absolute Gasteiger partial charge is 0.187 e. The van der Waals surface area contributed by atoms with Gasteiger partial charge in [-0.25, -0.2) is 4.99 Å². The molecule has 1 aliphatic heterocycles. The SMILES string of the molecule is NC1CCC2N=C(C3CC3)OC2C1. The van der Waals surface area contributed by atoms with Crippen molar-refractivity contribution in [1.29, 1.82) is 0 Å². The van der Waals surface area contributed by atoms with Gasteiger partial charge in [0, 0.05) is 18.4 Å². The van der Waals surface area contributed by atoms with Crippen LogP contribution in [0.15, 0.2) is 4.99 Å². The molecule has 13 heavy (non-hydrogen) atoms. The van der Waals surface area contributed by atoms with E-state index in [-0.39, 0.29) is 0 Å². The van der Waals surface area contributed by atoms with Crippen LogP contribution in [0.1, 0.15) is 32.1 Å². The van der Waals surface area contributed by atoms with Crippen LogP contribution in [-0.2, 0) is 4.74 Å². The number of nitrogens with two attached hydrogens (primary N) is 1. The van der Waals surface area contributed by atoms with Crippen molar-refractivity contribution in [1.82, 2.24) is 0 Å². The average molecular weight is 180 g/mol. The number of rotatable bonds is 1. The normalized spacial score (nSPS) is 43.8. The zero-order valence-electron chi connectivity index (χ0n) is 7.78. The van der Waals surface area contributed by atoms with Crippen LogP contribution in [-0.4, -0.2) is 24.1 Å². The highest BCUT2D eigenvalue weighted by atomic mass is 16.5. The number of hydrogen-bond donors (Lipinski definition) is 1. The first-order chi connectivity index (χ1) is 6.33. The van der Waals surface area contributed by atoms with Gasteiger partial charge in [-0.1, -0.05) is 0 Å². The third kappa shape index (κ3) is 1.35. The van der Waals surface area contributed by atoms with Crippen molar-refractivity contribution in [3.05, 3.63) is 0 Å². The van der Waals surface area contributed by atoms with Crippen molar-refractivity contribution >= 4 is 5.90 Å². The molecule has 3 aliphatic rings. The molecule has 3 atom stereocenters. The Morgan fingerprint density at radius 1 is 1.23 bits per heavy atom. The van der Waals surface area contributed by atoms with E-state index in [0.717, 1.165) is 25.2 Å². The number of aliphatic imine (C=N–C) groups is 1. The monoisotopic (exact) mass is 180 g/mol. The molecule has 3 heteroatoms. The maximum absolute atomic E-state index is 5.90. The lowest BCUT2D eigenvalue weighted by Gasteiger charge is -2.26. The summed E-state index contributed by atoms with van der Waals surface area (Å²) < 4.78 is 5.83. The van der Waals surface area contributed by atoms with Crippen LogP contribution >= 0.6 is 0 Å². The van der Waals surface area contributed by atoms with E-state index >= 15 is 0 Å². The first-order valence-electron chi connectivity index (χ1n) is 5.33. The van der Waals surface area contributed by atoms with Crippen molar-refractivity contribution in [3.63, 3.8) is 0 Å². The highest BCUT2D eigenvalue weighted by molar-refractivity contribution is 5.82. The molecule has 2 N–H and O–H groups in total. The zero-order chi connectivity index (χ0) is 8.84. The molecule has 0 amide bonds. The van der Waals surface area contributed by atoms with Crippen LogP contribution in [0.25, 0.3) is 0 Å². The molecule has 0 aromatic carbocycles. The van der Waals surface area contributed by atoms with E-state index in [4.69, 9.17) is 10.5 Å². The third-order valence-corrected chi connectivity index (χ3v) is 3.29. The van der Waals surface area contributed by atoms with E-state index in [1.807, 2.05) is 0 Å². The molecule has 0 aromatic heterocycles. The minimum atomic E-state index is 0.319. The highest BCUT2D eigenvalue weighted by Gasteiger charge is 2.41. The van der Waals surface area contributed by atoms with E-state index in [9.17, 15) is 0 Å². The van der Waals surface area contributed by atoms with Gasteiger partial charge in [-0.05, 0) is 25.7 Å². The molecular weight excluding hydrogens is 164 g/mol. The molecular formula is C10H16N2O. The lowest BCUT2D eigenvalue weighted by atomic mass is 9.90. The summed E-state index contributed by atoms with van der Waals surface area (Å²) in [6, 6.07) is 0.783. The summed E-state index contributed by atoms with van der Waals surface area (Å²) in [5.41, 5.74) is 5.90. The first kappa shape index (κ1) is 7.80. The van der Waals surface area contributed by atoms with Gasteiger partial charge in [-0.15, -0.1) is 0 Å². The fourth-order valence-corrected chi connectivity index (χ4v) is 2.30. The summed E-state index contributed by atoms with van der Waals surface area (Å²) >= 11 is 0. The molecule has 1 heterocycles. The van der Waals surface area contributed by atoms with E-state index < -0.39 is 0 Å². The van der Waals surface area contributed by atoms with Gasteiger partial charge in [0.05, 0.1) is 6.04 Å². The number of ether oxygens (including phenoxy) is 1. The minimum absolute atomic E-state index is 0.319. The molecule has 72 valence electrons. The summed E-state index contributed by atoms with van der Waals surface area (Å²) in [4.78, 5) is 4.65. The maximum atomic E-state index is 5.90. The maximum Gasteiger partial charge on any atom is 0.187 e. The van der Waals surface area contributed by atoms with Crippen molar-refractivity contribution < 1.29 is 4.74 Å². The van der Waals surface area contributed by atoms with E-state index in [1.54, 1.807) is 0 Å². The van der Waals surface area contributed by atoms with Crippen LogP contribution < -0.4 is 5.73 Å². The Balaban J connectivity index is 1.71. The van der Waals surface area contributed by atoms with E-state index in [1.165, 1.54) is 12.8 Å². The Hall–Kier alpha value is -0.570. The summed E-state index contributed by atoms with van der Waals surface area (Å²) in [6.45, 7) is 0. The number of hydrogen-bond acceptors (Lipinski definition) is 3. The average Bonchev–Trinajstić information content (AvgIpc) is 2.87. The standard InChI is InChI=1S/C10H16N2O/c11-7-3-4-8-9(5-7)13-10(12-8)6-1-2-6/h6-9H,1-5,11H2. The van der Waals surface area contributed by atoms with Crippen LogP contribution in [0.5, 0.6) is 0 Å². The predicted molar refractivity (Wildman–Crippen MR) is 50.6 cm³/mol. The number of fused-ring (bicyclic) bond motifs is 1.